The first kappa shape index (κ1) is 14.4. The summed E-state index contributed by atoms with van der Waals surface area (Å²) in [7, 11) is -2.84. The van der Waals surface area contributed by atoms with Crippen molar-refractivity contribution in [1.82, 2.24) is 9.97 Å². The second-order valence-electron chi connectivity index (χ2n) is 6.83. The van der Waals surface area contributed by atoms with E-state index in [9.17, 15) is 8.42 Å². The number of hydrogen-bond acceptors (Lipinski definition) is 5. The Morgan fingerprint density at radius 3 is 2.68 bits per heavy atom. The molecule has 1 aliphatic heterocycles. The molecule has 22 heavy (non-hydrogen) atoms. The summed E-state index contributed by atoms with van der Waals surface area (Å²) < 4.78 is 23.8. The Morgan fingerprint density at radius 2 is 1.95 bits per heavy atom. The van der Waals surface area contributed by atoms with Crippen LogP contribution in [-0.4, -0.2) is 35.9 Å². The lowest BCUT2D eigenvalue weighted by Crippen LogP contribution is -2.20. The SMILES string of the molecule is O=S1(=O)CCCC1CCNc1nc(C2CC2)nc2c1CCC2. The highest BCUT2D eigenvalue weighted by atomic mass is 32.2. The number of nitrogens with one attached hydrogen (secondary N) is 1. The van der Waals surface area contributed by atoms with Gasteiger partial charge in [0.2, 0.25) is 0 Å². The van der Waals surface area contributed by atoms with Gasteiger partial charge in [-0.15, -0.1) is 0 Å². The van der Waals surface area contributed by atoms with E-state index in [1.54, 1.807) is 0 Å². The largest absolute Gasteiger partial charge is 0.370 e. The van der Waals surface area contributed by atoms with Crippen molar-refractivity contribution in [2.75, 3.05) is 17.6 Å². The number of nitrogens with zero attached hydrogens (tertiary/aromatic N) is 2. The number of fused-ring (bicyclic) bond motifs is 1. The fraction of sp³-hybridized carbons (Fsp3) is 0.750. The Labute approximate surface area is 131 Å². The van der Waals surface area contributed by atoms with Crippen molar-refractivity contribution in [3.05, 3.63) is 17.1 Å². The molecule has 0 bridgehead atoms. The summed E-state index contributed by atoms with van der Waals surface area (Å²) in [5.41, 5.74) is 2.48. The Balaban J connectivity index is 1.46. The van der Waals surface area contributed by atoms with Crippen molar-refractivity contribution in [3.63, 3.8) is 0 Å². The zero-order chi connectivity index (χ0) is 15.2. The average molecular weight is 321 g/mol. The van der Waals surface area contributed by atoms with E-state index in [2.05, 4.69) is 5.32 Å². The molecule has 3 aliphatic rings. The minimum atomic E-state index is -2.84. The maximum atomic E-state index is 11.9. The van der Waals surface area contributed by atoms with Gasteiger partial charge in [-0.25, -0.2) is 18.4 Å². The molecule has 1 atom stereocenters. The molecule has 120 valence electrons. The summed E-state index contributed by atoms with van der Waals surface area (Å²) in [6.45, 7) is 0.692. The van der Waals surface area contributed by atoms with Crippen LogP contribution >= 0.6 is 0 Å². The van der Waals surface area contributed by atoms with Gasteiger partial charge in [-0.2, -0.15) is 0 Å². The molecule has 1 unspecified atom stereocenters. The molecule has 0 spiro atoms. The molecular formula is C16H23N3O2S. The third kappa shape index (κ3) is 2.73. The van der Waals surface area contributed by atoms with Crippen LogP contribution in [-0.2, 0) is 22.7 Å². The predicted octanol–water partition coefficient (Wildman–Crippen LogP) is 2.22. The first-order valence-corrected chi connectivity index (χ1v) is 10.2. The number of aromatic nitrogens is 2. The molecule has 1 saturated heterocycles. The third-order valence-electron chi connectivity index (χ3n) is 5.11. The van der Waals surface area contributed by atoms with Gasteiger partial charge in [-0.1, -0.05) is 0 Å². The van der Waals surface area contributed by atoms with Gasteiger partial charge >= 0.3 is 0 Å². The molecule has 0 aromatic carbocycles. The molecule has 1 aromatic heterocycles. The van der Waals surface area contributed by atoms with Crippen LogP contribution < -0.4 is 5.32 Å². The molecule has 0 amide bonds. The van der Waals surface area contributed by atoms with E-state index in [4.69, 9.17) is 9.97 Å². The van der Waals surface area contributed by atoms with Crippen LogP contribution in [0.1, 0.15) is 61.5 Å². The quantitative estimate of drug-likeness (QED) is 0.900. The number of rotatable bonds is 5. The maximum absolute atomic E-state index is 11.9. The Morgan fingerprint density at radius 1 is 1.09 bits per heavy atom. The molecule has 6 heteroatoms. The van der Waals surface area contributed by atoms with Crippen molar-refractivity contribution in [2.45, 2.75) is 62.5 Å². The average Bonchev–Trinajstić information content (AvgIpc) is 3.13. The molecule has 2 aliphatic carbocycles. The summed E-state index contributed by atoms with van der Waals surface area (Å²) in [5.74, 6) is 2.89. The van der Waals surface area contributed by atoms with Crippen molar-refractivity contribution in [3.8, 4) is 0 Å². The van der Waals surface area contributed by atoms with Gasteiger partial charge in [0.15, 0.2) is 9.84 Å². The summed E-state index contributed by atoms with van der Waals surface area (Å²) in [6.07, 6.45) is 8.01. The van der Waals surface area contributed by atoms with Crippen molar-refractivity contribution in [2.24, 2.45) is 0 Å². The first-order valence-electron chi connectivity index (χ1n) is 8.48. The van der Waals surface area contributed by atoms with Crippen LogP contribution in [0.25, 0.3) is 0 Å². The lowest BCUT2D eigenvalue weighted by Gasteiger charge is -2.14. The van der Waals surface area contributed by atoms with Gasteiger partial charge in [0.05, 0.1) is 11.0 Å². The Hall–Kier alpha value is -1.17. The number of anilines is 1. The number of aryl methyl sites for hydroxylation is 1. The van der Waals surface area contributed by atoms with E-state index in [0.717, 1.165) is 43.7 Å². The van der Waals surface area contributed by atoms with Gasteiger partial charge in [0.1, 0.15) is 11.6 Å². The number of hydrogen-bond donors (Lipinski definition) is 1. The fourth-order valence-electron chi connectivity index (χ4n) is 3.66. The van der Waals surface area contributed by atoms with Crippen molar-refractivity contribution in [1.29, 1.82) is 0 Å². The fourth-order valence-corrected chi connectivity index (χ4v) is 5.56. The molecule has 4 rings (SSSR count). The zero-order valence-corrected chi connectivity index (χ0v) is 13.7. The van der Waals surface area contributed by atoms with Gasteiger partial charge in [-0.3, -0.25) is 0 Å². The van der Waals surface area contributed by atoms with Crippen LogP contribution in [0.2, 0.25) is 0 Å². The summed E-state index contributed by atoms with van der Waals surface area (Å²) in [6, 6.07) is 0. The molecule has 5 nitrogen and oxygen atoms in total. The van der Waals surface area contributed by atoms with Crippen molar-refractivity contribution >= 4 is 15.7 Å². The molecule has 2 heterocycles. The van der Waals surface area contributed by atoms with Gasteiger partial charge in [0, 0.05) is 23.7 Å². The van der Waals surface area contributed by atoms with E-state index in [0.29, 0.717) is 24.6 Å². The predicted molar refractivity (Wildman–Crippen MR) is 85.9 cm³/mol. The maximum Gasteiger partial charge on any atom is 0.153 e. The highest BCUT2D eigenvalue weighted by molar-refractivity contribution is 7.92. The van der Waals surface area contributed by atoms with E-state index in [1.807, 2.05) is 0 Å². The van der Waals surface area contributed by atoms with Crippen LogP contribution in [0, 0.1) is 0 Å². The minimum absolute atomic E-state index is 0.155. The second-order valence-corrected chi connectivity index (χ2v) is 9.23. The topological polar surface area (TPSA) is 72.0 Å². The van der Waals surface area contributed by atoms with E-state index in [-0.39, 0.29) is 5.25 Å². The molecule has 0 radical (unpaired) electrons. The van der Waals surface area contributed by atoms with Gasteiger partial charge in [0.25, 0.3) is 0 Å². The lowest BCUT2D eigenvalue weighted by molar-refractivity contribution is 0.584. The normalized spacial score (nSPS) is 26.1. The highest BCUT2D eigenvalue weighted by Crippen LogP contribution is 2.40. The van der Waals surface area contributed by atoms with Gasteiger partial charge < -0.3 is 5.32 Å². The smallest absolute Gasteiger partial charge is 0.153 e. The molecule has 1 N–H and O–H groups in total. The summed E-state index contributed by atoms with van der Waals surface area (Å²) >= 11 is 0. The van der Waals surface area contributed by atoms with Gasteiger partial charge in [-0.05, 0) is 51.4 Å². The van der Waals surface area contributed by atoms with Crippen LogP contribution in [0.3, 0.4) is 0 Å². The molecular weight excluding hydrogens is 298 g/mol. The van der Waals surface area contributed by atoms with Crippen LogP contribution in [0.5, 0.6) is 0 Å². The Kier molecular flexibility index (Phi) is 3.59. The lowest BCUT2D eigenvalue weighted by atomic mass is 10.2. The van der Waals surface area contributed by atoms with E-state index in [1.165, 1.54) is 24.1 Å². The molecule has 2 fully saturated rings. The minimum Gasteiger partial charge on any atom is -0.370 e. The standard InChI is InChI=1S/C16H23N3O2S/c20-22(21)10-2-3-12(22)8-9-17-16-13-4-1-5-14(13)18-15(19-16)11-6-7-11/h11-12H,1-10H2,(H,17,18,19). The number of sulfone groups is 1. The van der Waals surface area contributed by atoms with E-state index >= 15 is 0 Å². The second kappa shape index (κ2) is 5.48. The molecule has 1 aromatic rings. The third-order valence-corrected chi connectivity index (χ3v) is 7.46. The van der Waals surface area contributed by atoms with Crippen LogP contribution in [0.4, 0.5) is 5.82 Å². The van der Waals surface area contributed by atoms with E-state index < -0.39 is 9.84 Å². The monoisotopic (exact) mass is 321 g/mol. The summed E-state index contributed by atoms with van der Waals surface area (Å²) in [5, 5.41) is 3.26. The zero-order valence-electron chi connectivity index (χ0n) is 12.8. The van der Waals surface area contributed by atoms with Crippen molar-refractivity contribution < 1.29 is 8.42 Å². The summed E-state index contributed by atoms with van der Waals surface area (Å²) in [4.78, 5) is 9.47. The molecule has 1 saturated carbocycles. The first-order chi connectivity index (χ1) is 10.6. The highest BCUT2D eigenvalue weighted by Gasteiger charge is 2.31. The Bertz CT molecular complexity index is 683. The van der Waals surface area contributed by atoms with Crippen LogP contribution in [0.15, 0.2) is 0 Å².